The first-order valence-electron chi connectivity index (χ1n) is 6.45. The van der Waals surface area contributed by atoms with Gasteiger partial charge in [0.2, 0.25) is 5.91 Å². The second kappa shape index (κ2) is 6.41. The van der Waals surface area contributed by atoms with Crippen LogP contribution >= 0.6 is 0 Å². The van der Waals surface area contributed by atoms with Gasteiger partial charge in [-0.1, -0.05) is 0 Å². The summed E-state index contributed by atoms with van der Waals surface area (Å²) >= 11 is 0. The predicted molar refractivity (Wildman–Crippen MR) is 75.9 cm³/mol. The van der Waals surface area contributed by atoms with Gasteiger partial charge in [-0.15, -0.1) is 0 Å². The first-order valence-corrected chi connectivity index (χ1v) is 6.45. The third-order valence-electron chi connectivity index (χ3n) is 2.28. The summed E-state index contributed by atoms with van der Waals surface area (Å²) in [6.45, 7) is 8.73. The first kappa shape index (κ1) is 16.0. The van der Waals surface area contributed by atoms with Gasteiger partial charge < -0.3 is 14.5 Å². The van der Waals surface area contributed by atoms with Gasteiger partial charge in [0, 0.05) is 6.08 Å². The molecule has 0 aliphatic heterocycles. The molecule has 1 rings (SSSR count). The molecule has 1 atom stereocenters. The molecule has 110 valence electrons. The van der Waals surface area contributed by atoms with E-state index in [-0.39, 0.29) is 5.91 Å². The van der Waals surface area contributed by atoms with Crippen molar-refractivity contribution >= 4 is 18.0 Å². The van der Waals surface area contributed by atoms with Crippen LogP contribution in [0.3, 0.4) is 0 Å². The van der Waals surface area contributed by atoms with Crippen LogP contribution in [-0.4, -0.2) is 23.5 Å². The zero-order chi connectivity index (χ0) is 15.3. The molecule has 1 N–H and O–H groups in total. The molecule has 1 aromatic heterocycles. The van der Waals surface area contributed by atoms with E-state index in [4.69, 9.17) is 9.15 Å². The molecule has 1 heterocycles. The molecule has 0 bridgehead atoms. The highest BCUT2D eigenvalue weighted by atomic mass is 16.6. The molecule has 1 aromatic rings. The Hall–Kier alpha value is -2.04. The number of carbonyl (C=O) groups excluding carboxylic acids is 2. The lowest BCUT2D eigenvalue weighted by atomic mass is 10.2. The molecule has 0 unspecified atom stereocenters. The number of carbonyl (C=O) groups is 2. The summed E-state index contributed by atoms with van der Waals surface area (Å²) in [4.78, 5) is 23.3. The zero-order valence-corrected chi connectivity index (χ0v) is 12.5. The molecule has 5 heteroatoms. The van der Waals surface area contributed by atoms with E-state index in [9.17, 15) is 9.59 Å². The first-order chi connectivity index (χ1) is 9.17. The predicted octanol–water partition coefficient (Wildman–Crippen LogP) is 2.45. The fourth-order valence-electron chi connectivity index (χ4n) is 1.41. The Morgan fingerprint density at radius 1 is 1.35 bits per heavy atom. The molecule has 0 fully saturated rings. The van der Waals surface area contributed by atoms with Crippen molar-refractivity contribution in [3.05, 3.63) is 29.7 Å². The van der Waals surface area contributed by atoms with Crippen molar-refractivity contribution in [2.24, 2.45) is 0 Å². The second-order valence-electron chi connectivity index (χ2n) is 5.55. The Morgan fingerprint density at radius 3 is 2.50 bits per heavy atom. The molecular formula is C15H21NO4. The average Bonchev–Trinajstić information content (AvgIpc) is 2.70. The summed E-state index contributed by atoms with van der Waals surface area (Å²) in [5.74, 6) is 0.514. The number of hydrogen-bond acceptors (Lipinski definition) is 4. The van der Waals surface area contributed by atoms with Crippen molar-refractivity contribution in [1.29, 1.82) is 0 Å². The van der Waals surface area contributed by atoms with Crippen LogP contribution in [-0.2, 0) is 14.3 Å². The molecule has 0 spiro atoms. The van der Waals surface area contributed by atoms with Crippen molar-refractivity contribution in [3.8, 4) is 0 Å². The van der Waals surface area contributed by atoms with Gasteiger partial charge in [0.15, 0.2) is 0 Å². The highest BCUT2D eigenvalue weighted by Gasteiger charge is 2.22. The largest absolute Gasteiger partial charge is 0.462 e. The average molecular weight is 279 g/mol. The summed E-state index contributed by atoms with van der Waals surface area (Å²) < 4.78 is 10.5. The zero-order valence-electron chi connectivity index (χ0n) is 12.5. The SMILES string of the molecule is Cc1ccc(/C=C/C(=O)N[C@H](C)C(=O)OC(C)(C)C)o1. The maximum Gasteiger partial charge on any atom is 0.328 e. The molecule has 5 nitrogen and oxygen atoms in total. The van der Waals surface area contributed by atoms with Gasteiger partial charge in [-0.3, -0.25) is 4.79 Å². The topological polar surface area (TPSA) is 68.5 Å². The van der Waals surface area contributed by atoms with Crippen LogP contribution in [0.15, 0.2) is 22.6 Å². The van der Waals surface area contributed by atoms with Crippen molar-refractivity contribution < 1.29 is 18.7 Å². The second-order valence-corrected chi connectivity index (χ2v) is 5.55. The smallest absolute Gasteiger partial charge is 0.328 e. The van der Waals surface area contributed by atoms with Crippen molar-refractivity contribution in [3.63, 3.8) is 0 Å². The van der Waals surface area contributed by atoms with Crippen LogP contribution in [0.2, 0.25) is 0 Å². The monoisotopic (exact) mass is 279 g/mol. The highest BCUT2D eigenvalue weighted by molar-refractivity contribution is 5.94. The quantitative estimate of drug-likeness (QED) is 0.679. The number of furan rings is 1. The number of amides is 1. The number of aryl methyl sites for hydroxylation is 1. The maximum absolute atomic E-state index is 11.7. The Balaban J connectivity index is 2.49. The van der Waals surface area contributed by atoms with E-state index in [1.54, 1.807) is 45.9 Å². The summed E-state index contributed by atoms with van der Waals surface area (Å²) in [5, 5.41) is 2.54. The number of ether oxygens (including phenoxy) is 1. The van der Waals surface area contributed by atoms with Crippen molar-refractivity contribution in [2.45, 2.75) is 46.3 Å². The molecule has 1 amide bonds. The molecule has 0 aliphatic carbocycles. The van der Waals surface area contributed by atoms with E-state index in [0.29, 0.717) is 5.76 Å². The molecule has 0 saturated heterocycles. The minimum Gasteiger partial charge on any atom is -0.462 e. The molecule has 0 aliphatic rings. The Labute approximate surface area is 119 Å². The summed E-state index contributed by atoms with van der Waals surface area (Å²) in [5.41, 5.74) is -0.572. The summed E-state index contributed by atoms with van der Waals surface area (Å²) in [6, 6.07) is 2.86. The third-order valence-corrected chi connectivity index (χ3v) is 2.28. The fraction of sp³-hybridized carbons (Fsp3) is 0.467. The van der Waals surface area contributed by atoms with Gasteiger partial charge >= 0.3 is 5.97 Å². The van der Waals surface area contributed by atoms with Crippen LogP contribution in [0.25, 0.3) is 6.08 Å². The molecule has 0 aromatic carbocycles. The van der Waals surface area contributed by atoms with E-state index in [1.165, 1.54) is 6.08 Å². The van der Waals surface area contributed by atoms with E-state index in [2.05, 4.69) is 5.32 Å². The number of rotatable bonds is 4. The van der Waals surface area contributed by atoms with Gasteiger partial charge in [0.1, 0.15) is 23.2 Å². The van der Waals surface area contributed by atoms with Crippen LogP contribution in [0, 0.1) is 6.92 Å². The van der Waals surface area contributed by atoms with Gasteiger partial charge in [-0.25, -0.2) is 4.79 Å². The lowest BCUT2D eigenvalue weighted by molar-refractivity contribution is -0.157. The number of esters is 1. The Bertz CT molecular complexity index is 508. The Morgan fingerprint density at radius 2 is 2.00 bits per heavy atom. The maximum atomic E-state index is 11.7. The minimum atomic E-state index is -0.704. The molecule has 0 saturated carbocycles. The van der Waals surface area contributed by atoms with E-state index in [1.807, 2.05) is 6.92 Å². The molecule has 20 heavy (non-hydrogen) atoms. The van der Waals surface area contributed by atoms with Gasteiger partial charge in [-0.2, -0.15) is 0 Å². The fourth-order valence-corrected chi connectivity index (χ4v) is 1.41. The van der Waals surface area contributed by atoms with Crippen LogP contribution < -0.4 is 5.32 Å². The van der Waals surface area contributed by atoms with Gasteiger partial charge in [0.25, 0.3) is 0 Å². The van der Waals surface area contributed by atoms with E-state index < -0.39 is 17.6 Å². The standard InChI is InChI=1S/C15H21NO4/c1-10-6-7-12(19-10)8-9-13(17)16-11(2)14(18)20-15(3,4)5/h6-9,11H,1-5H3,(H,16,17)/b9-8+/t11-/m1/s1. The van der Waals surface area contributed by atoms with Crippen LogP contribution in [0.4, 0.5) is 0 Å². The van der Waals surface area contributed by atoms with Gasteiger partial charge in [-0.05, 0) is 52.8 Å². The molecule has 0 radical (unpaired) electrons. The summed E-state index contributed by atoms with van der Waals surface area (Å²) in [6.07, 6.45) is 2.86. The number of nitrogens with one attached hydrogen (secondary N) is 1. The third kappa shape index (κ3) is 5.73. The normalized spacial score (nSPS) is 13.2. The van der Waals surface area contributed by atoms with Gasteiger partial charge in [0.05, 0.1) is 0 Å². The van der Waals surface area contributed by atoms with Crippen molar-refractivity contribution in [1.82, 2.24) is 5.32 Å². The number of hydrogen-bond donors (Lipinski definition) is 1. The highest BCUT2D eigenvalue weighted by Crippen LogP contribution is 2.09. The van der Waals surface area contributed by atoms with E-state index in [0.717, 1.165) is 5.76 Å². The lowest BCUT2D eigenvalue weighted by Gasteiger charge is -2.22. The van der Waals surface area contributed by atoms with Crippen LogP contribution in [0.5, 0.6) is 0 Å². The summed E-state index contributed by atoms with van der Waals surface area (Å²) in [7, 11) is 0. The van der Waals surface area contributed by atoms with Crippen molar-refractivity contribution in [2.75, 3.05) is 0 Å². The minimum absolute atomic E-state index is 0.377. The molecular weight excluding hydrogens is 258 g/mol. The van der Waals surface area contributed by atoms with Crippen LogP contribution in [0.1, 0.15) is 39.2 Å². The van der Waals surface area contributed by atoms with E-state index >= 15 is 0 Å². The Kier molecular flexibility index (Phi) is 5.13. The lowest BCUT2D eigenvalue weighted by Crippen LogP contribution is -2.41.